The first-order chi connectivity index (χ1) is 6.06. The molecule has 0 bridgehead atoms. The molecule has 0 fully saturated rings. The quantitative estimate of drug-likeness (QED) is 0.776. The predicted molar refractivity (Wildman–Crippen MR) is 56.1 cm³/mol. The summed E-state index contributed by atoms with van der Waals surface area (Å²) in [7, 11) is 1.77. The van der Waals surface area contributed by atoms with Crippen LogP contribution in [0, 0.1) is 0 Å². The van der Waals surface area contributed by atoms with Crippen LogP contribution in [0.4, 0.5) is 5.00 Å². The molecule has 72 valence electrons. The van der Waals surface area contributed by atoms with Gasteiger partial charge in [-0.25, -0.2) is 0 Å². The largest absolute Gasteiger partial charge is 0.316 e. The lowest BCUT2D eigenvalue weighted by molar-refractivity contribution is -0.121. The van der Waals surface area contributed by atoms with Crippen molar-refractivity contribution in [3.05, 3.63) is 17.5 Å². The maximum atomic E-state index is 11.6. The third-order valence-electron chi connectivity index (χ3n) is 1.95. The summed E-state index contributed by atoms with van der Waals surface area (Å²) in [6, 6.07) is 3.79. The van der Waals surface area contributed by atoms with Crippen molar-refractivity contribution >= 4 is 22.2 Å². The number of thiophene rings is 1. The standard InChI is InChI=1S/C9H14N2OS/c1-9(2,10-3)8(12)11-7-5-4-6-13-7/h4-6,10H,1-3H3,(H,11,12). The van der Waals surface area contributed by atoms with E-state index < -0.39 is 5.54 Å². The van der Waals surface area contributed by atoms with Gasteiger partial charge >= 0.3 is 0 Å². The van der Waals surface area contributed by atoms with E-state index in [4.69, 9.17) is 0 Å². The summed E-state index contributed by atoms with van der Waals surface area (Å²) in [6.07, 6.45) is 0. The molecule has 4 heteroatoms. The number of hydrogen-bond acceptors (Lipinski definition) is 3. The second-order valence-corrected chi connectivity index (χ2v) is 4.25. The summed E-state index contributed by atoms with van der Waals surface area (Å²) >= 11 is 1.52. The van der Waals surface area contributed by atoms with Gasteiger partial charge in [0.05, 0.1) is 10.5 Å². The summed E-state index contributed by atoms with van der Waals surface area (Å²) in [6.45, 7) is 3.69. The van der Waals surface area contributed by atoms with Gasteiger partial charge in [0.1, 0.15) is 0 Å². The first kappa shape index (κ1) is 10.2. The van der Waals surface area contributed by atoms with Gasteiger partial charge in [0.2, 0.25) is 5.91 Å². The lowest BCUT2D eigenvalue weighted by Crippen LogP contribution is -2.47. The Labute approximate surface area is 82.2 Å². The van der Waals surface area contributed by atoms with Crippen LogP contribution in [0.15, 0.2) is 17.5 Å². The van der Waals surface area contributed by atoms with Gasteiger partial charge in [-0.2, -0.15) is 0 Å². The molecule has 0 aliphatic rings. The minimum atomic E-state index is -0.524. The van der Waals surface area contributed by atoms with Crippen LogP contribution >= 0.6 is 11.3 Å². The number of rotatable bonds is 3. The summed E-state index contributed by atoms with van der Waals surface area (Å²) in [5.41, 5.74) is -0.524. The number of likely N-dealkylation sites (N-methyl/N-ethyl adjacent to an activating group) is 1. The molecule has 0 unspecified atom stereocenters. The summed E-state index contributed by atoms with van der Waals surface area (Å²) in [5.74, 6) is -0.0162. The molecular formula is C9H14N2OS. The highest BCUT2D eigenvalue weighted by Gasteiger charge is 2.25. The van der Waals surface area contributed by atoms with Crippen molar-refractivity contribution < 1.29 is 4.79 Å². The molecular weight excluding hydrogens is 184 g/mol. The molecule has 0 spiro atoms. The molecule has 0 atom stereocenters. The fraction of sp³-hybridized carbons (Fsp3) is 0.444. The van der Waals surface area contributed by atoms with Crippen LogP contribution in [0.1, 0.15) is 13.8 Å². The number of amides is 1. The van der Waals surface area contributed by atoms with Crippen LogP contribution in [0.25, 0.3) is 0 Å². The summed E-state index contributed by atoms with van der Waals surface area (Å²) in [5, 5.41) is 8.59. The van der Waals surface area contributed by atoms with Gasteiger partial charge < -0.3 is 10.6 Å². The monoisotopic (exact) mass is 198 g/mol. The second-order valence-electron chi connectivity index (χ2n) is 3.31. The molecule has 2 N–H and O–H groups in total. The number of hydrogen-bond donors (Lipinski definition) is 2. The van der Waals surface area contributed by atoms with Gasteiger partial charge in [0, 0.05) is 0 Å². The maximum Gasteiger partial charge on any atom is 0.244 e. The van der Waals surface area contributed by atoms with E-state index in [1.165, 1.54) is 11.3 Å². The molecule has 0 radical (unpaired) electrons. The topological polar surface area (TPSA) is 41.1 Å². The molecule has 0 saturated carbocycles. The van der Waals surface area contributed by atoms with Gasteiger partial charge in [-0.1, -0.05) is 0 Å². The van der Waals surface area contributed by atoms with Crippen LogP contribution in [-0.4, -0.2) is 18.5 Å². The van der Waals surface area contributed by atoms with E-state index in [-0.39, 0.29) is 5.91 Å². The van der Waals surface area contributed by atoms with E-state index in [0.29, 0.717) is 0 Å². The van der Waals surface area contributed by atoms with Crippen LogP contribution in [0.3, 0.4) is 0 Å². The zero-order chi connectivity index (χ0) is 9.90. The van der Waals surface area contributed by atoms with Gasteiger partial charge in [-0.05, 0) is 38.4 Å². The average Bonchev–Trinajstić information content (AvgIpc) is 2.57. The number of anilines is 1. The fourth-order valence-corrected chi connectivity index (χ4v) is 1.34. The highest BCUT2D eigenvalue weighted by Crippen LogP contribution is 2.16. The fourth-order valence-electron chi connectivity index (χ4n) is 0.731. The number of carbonyl (C=O) groups is 1. The van der Waals surface area contributed by atoms with Gasteiger partial charge in [-0.15, -0.1) is 11.3 Å². The zero-order valence-corrected chi connectivity index (χ0v) is 8.87. The molecule has 0 aromatic carbocycles. The Balaban J connectivity index is 2.61. The SMILES string of the molecule is CNC(C)(C)C(=O)Nc1cccs1. The Kier molecular flexibility index (Phi) is 3.06. The van der Waals surface area contributed by atoms with Crippen LogP contribution in [-0.2, 0) is 4.79 Å². The van der Waals surface area contributed by atoms with Gasteiger partial charge in [-0.3, -0.25) is 4.79 Å². The molecule has 3 nitrogen and oxygen atoms in total. The number of carbonyl (C=O) groups excluding carboxylic acids is 1. The molecule has 1 heterocycles. The Morgan fingerprint density at radius 1 is 1.54 bits per heavy atom. The van der Waals surface area contributed by atoms with E-state index >= 15 is 0 Å². The predicted octanol–water partition coefficient (Wildman–Crippen LogP) is 1.68. The van der Waals surface area contributed by atoms with E-state index in [0.717, 1.165) is 5.00 Å². The average molecular weight is 198 g/mol. The number of nitrogens with one attached hydrogen (secondary N) is 2. The molecule has 0 saturated heterocycles. The van der Waals surface area contributed by atoms with E-state index in [1.54, 1.807) is 7.05 Å². The lowest BCUT2D eigenvalue weighted by atomic mass is 10.1. The zero-order valence-electron chi connectivity index (χ0n) is 8.05. The summed E-state index contributed by atoms with van der Waals surface area (Å²) < 4.78 is 0. The minimum Gasteiger partial charge on any atom is -0.316 e. The van der Waals surface area contributed by atoms with E-state index in [2.05, 4.69) is 10.6 Å². The van der Waals surface area contributed by atoms with Crippen molar-refractivity contribution in [3.8, 4) is 0 Å². The molecule has 1 rings (SSSR count). The molecule has 13 heavy (non-hydrogen) atoms. The van der Waals surface area contributed by atoms with E-state index in [9.17, 15) is 4.79 Å². The smallest absolute Gasteiger partial charge is 0.244 e. The van der Waals surface area contributed by atoms with Crippen LogP contribution in [0.5, 0.6) is 0 Å². The molecule has 1 aromatic heterocycles. The Morgan fingerprint density at radius 2 is 2.23 bits per heavy atom. The highest BCUT2D eigenvalue weighted by atomic mass is 32.1. The molecule has 1 aromatic rings. The van der Waals surface area contributed by atoms with Crippen molar-refractivity contribution in [3.63, 3.8) is 0 Å². The maximum absolute atomic E-state index is 11.6. The van der Waals surface area contributed by atoms with Gasteiger partial charge in [0.25, 0.3) is 0 Å². The van der Waals surface area contributed by atoms with Crippen LogP contribution < -0.4 is 10.6 Å². The Bertz CT molecular complexity index is 280. The van der Waals surface area contributed by atoms with E-state index in [1.807, 2.05) is 31.4 Å². The first-order valence-corrected chi connectivity index (χ1v) is 4.98. The summed E-state index contributed by atoms with van der Waals surface area (Å²) in [4.78, 5) is 11.6. The second kappa shape index (κ2) is 3.89. The molecule has 1 amide bonds. The van der Waals surface area contributed by atoms with Crippen LogP contribution in [0.2, 0.25) is 0 Å². The Morgan fingerprint density at radius 3 is 2.69 bits per heavy atom. The minimum absolute atomic E-state index is 0.0162. The highest BCUT2D eigenvalue weighted by molar-refractivity contribution is 7.14. The molecule has 0 aliphatic heterocycles. The lowest BCUT2D eigenvalue weighted by Gasteiger charge is -2.21. The molecule has 0 aliphatic carbocycles. The third-order valence-corrected chi connectivity index (χ3v) is 2.74. The van der Waals surface area contributed by atoms with Crippen molar-refractivity contribution in [2.75, 3.05) is 12.4 Å². The van der Waals surface area contributed by atoms with Crippen molar-refractivity contribution in [2.24, 2.45) is 0 Å². The Hall–Kier alpha value is -0.870. The van der Waals surface area contributed by atoms with Crippen molar-refractivity contribution in [1.82, 2.24) is 5.32 Å². The van der Waals surface area contributed by atoms with Crippen molar-refractivity contribution in [2.45, 2.75) is 19.4 Å². The first-order valence-electron chi connectivity index (χ1n) is 4.10. The third kappa shape index (κ3) is 2.54. The normalized spacial score (nSPS) is 11.3. The van der Waals surface area contributed by atoms with Gasteiger partial charge in [0.15, 0.2) is 0 Å². The van der Waals surface area contributed by atoms with Crippen molar-refractivity contribution in [1.29, 1.82) is 0 Å².